The van der Waals surface area contributed by atoms with Gasteiger partial charge in [0.05, 0.1) is 5.60 Å². The fraction of sp³-hybridized carbons (Fsp3) is 0.650. The Morgan fingerprint density at radius 3 is 2.76 bits per heavy atom. The molecule has 2 N–H and O–H groups in total. The first-order chi connectivity index (χ1) is 12.1. The van der Waals surface area contributed by atoms with Gasteiger partial charge in [-0.05, 0) is 37.8 Å². The monoisotopic (exact) mass is 343 g/mol. The lowest BCUT2D eigenvalue weighted by Crippen LogP contribution is -2.57. The number of anilines is 1. The van der Waals surface area contributed by atoms with Gasteiger partial charge < -0.3 is 20.2 Å². The minimum atomic E-state index is -0.521. The molecule has 1 aliphatic carbocycles. The van der Waals surface area contributed by atoms with Crippen LogP contribution in [-0.4, -0.2) is 53.9 Å². The van der Waals surface area contributed by atoms with Crippen molar-refractivity contribution in [3.8, 4) is 0 Å². The summed E-state index contributed by atoms with van der Waals surface area (Å²) in [5, 5.41) is 14.0. The van der Waals surface area contributed by atoms with Crippen molar-refractivity contribution in [2.75, 3.05) is 31.1 Å². The van der Waals surface area contributed by atoms with Crippen molar-refractivity contribution in [3.05, 3.63) is 30.3 Å². The summed E-state index contributed by atoms with van der Waals surface area (Å²) < 4.78 is 0. The number of carbonyl (C=O) groups excluding carboxylic acids is 1. The van der Waals surface area contributed by atoms with Crippen molar-refractivity contribution < 1.29 is 9.90 Å². The van der Waals surface area contributed by atoms with Gasteiger partial charge in [-0.25, -0.2) is 4.79 Å². The summed E-state index contributed by atoms with van der Waals surface area (Å²) >= 11 is 0. The Kier molecular flexibility index (Phi) is 4.59. The lowest BCUT2D eigenvalue weighted by molar-refractivity contribution is -0.0871. The quantitative estimate of drug-likeness (QED) is 0.868. The summed E-state index contributed by atoms with van der Waals surface area (Å²) in [6.45, 7) is 3.24. The summed E-state index contributed by atoms with van der Waals surface area (Å²) in [7, 11) is 0. The topological polar surface area (TPSA) is 55.8 Å². The molecule has 2 aliphatic heterocycles. The van der Waals surface area contributed by atoms with Gasteiger partial charge in [-0.1, -0.05) is 31.0 Å². The van der Waals surface area contributed by atoms with Crippen LogP contribution in [0.3, 0.4) is 0 Å². The average Bonchev–Trinajstić information content (AvgIpc) is 3.10. The van der Waals surface area contributed by atoms with Crippen LogP contribution in [0, 0.1) is 5.92 Å². The Hall–Kier alpha value is -1.75. The van der Waals surface area contributed by atoms with Crippen LogP contribution in [0.1, 0.15) is 38.5 Å². The number of para-hydroxylation sites is 1. The predicted octanol–water partition coefficient (Wildman–Crippen LogP) is 2.60. The second-order valence-electron chi connectivity index (χ2n) is 7.96. The smallest absolute Gasteiger partial charge is 0.317 e. The molecule has 3 atom stereocenters. The third kappa shape index (κ3) is 3.47. The Bertz CT molecular complexity index is 608. The van der Waals surface area contributed by atoms with Crippen LogP contribution in [0.25, 0.3) is 0 Å². The number of hydrogen-bond donors (Lipinski definition) is 2. The van der Waals surface area contributed by atoms with Crippen molar-refractivity contribution >= 4 is 11.7 Å². The zero-order valence-electron chi connectivity index (χ0n) is 14.9. The van der Waals surface area contributed by atoms with Crippen LogP contribution in [-0.2, 0) is 0 Å². The summed E-state index contributed by atoms with van der Waals surface area (Å²) in [6, 6.07) is 10.6. The Labute approximate surface area is 150 Å². The van der Waals surface area contributed by atoms with Crippen LogP contribution in [0.4, 0.5) is 10.5 Å². The Balaban J connectivity index is 1.31. The fourth-order valence-electron chi connectivity index (χ4n) is 4.77. The third-order valence-electron chi connectivity index (χ3n) is 6.35. The molecule has 2 saturated heterocycles. The maximum absolute atomic E-state index is 12.7. The van der Waals surface area contributed by atoms with E-state index >= 15 is 0 Å². The van der Waals surface area contributed by atoms with E-state index in [9.17, 15) is 9.90 Å². The van der Waals surface area contributed by atoms with E-state index in [-0.39, 0.29) is 18.0 Å². The van der Waals surface area contributed by atoms with Crippen molar-refractivity contribution in [2.45, 2.75) is 50.2 Å². The molecular formula is C20H29N3O2. The van der Waals surface area contributed by atoms with Crippen LogP contribution >= 0.6 is 0 Å². The number of likely N-dealkylation sites (tertiary alicyclic amines) is 1. The fourth-order valence-corrected chi connectivity index (χ4v) is 4.77. The number of rotatable bonds is 2. The van der Waals surface area contributed by atoms with E-state index in [1.807, 2.05) is 11.0 Å². The lowest BCUT2D eigenvalue weighted by atomic mass is 9.71. The van der Waals surface area contributed by atoms with E-state index in [4.69, 9.17) is 0 Å². The summed E-state index contributed by atoms with van der Waals surface area (Å²) in [5.41, 5.74) is 0.705. The summed E-state index contributed by atoms with van der Waals surface area (Å²) in [5.74, 6) is 0.255. The molecule has 1 saturated carbocycles. The Morgan fingerprint density at radius 2 is 1.92 bits per heavy atom. The second-order valence-corrected chi connectivity index (χ2v) is 7.96. The molecule has 1 aromatic rings. The van der Waals surface area contributed by atoms with Crippen LogP contribution in [0.2, 0.25) is 0 Å². The number of benzene rings is 1. The zero-order valence-corrected chi connectivity index (χ0v) is 14.9. The molecule has 0 radical (unpaired) electrons. The van der Waals surface area contributed by atoms with E-state index in [1.165, 1.54) is 12.1 Å². The molecule has 3 fully saturated rings. The van der Waals surface area contributed by atoms with E-state index in [1.54, 1.807) is 0 Å². The number of hydrogen-bond acceptors (Lipinski definition) is 3. The van der Waals surface area contributed by atoms with Gasteiger partial charge in [0.1, 0.15) is 0 Å². The Morgan fingerprint density at radius 1 is 1.08 bits per heavy atom. The van der Waals surface area contributed by atoms with Crippen LogP contribution in [0.5, 0.6) is 0 Å². The molecule has 4 rings (SSSR count). The third-order valence-corrected chi connectivity index (χ3v) is 6.35. The molecule has 136 valence electrons. The zero-order chi connectivity index (χ0) is 17.3. The SMILES string of the molecule is O=C(NC1CCN(c2ccccc2)C1)N1CCC2(O)CCCCC2C1. The number of fused-ring (bicyclic) bond motifs is 1. The molecule has 3 unspecified atom stereocenters. The minimum absolute atomic E-state index is 0.0486. The number of nitrogens with one attached hydrogen (secondary N) is 1. The second kappa shape index (κ2) is 6.87. The van der Waals surface area contributed by atoms with Crippen molar-refractivity contribution in [1.82, 2.24) is 10.2 Å². The van der Waals surface area contributed by atoms with Gasteiger partial charge in [-0.2, -0.15) is 0 Å². The molecular weight excluding hydrogens is 314 g/mol. The molecule has 0 spiro atoms. The number of piperidine rings is 1. The van der Waals surface area contributed by atoms with Gasteiger partial charge in [0.2, 0.25) is 0 Å². The standard InChI is InChI=1S/C20H29N3O2/c24-19(23-13-11-20(25)10-5-4-6-16(20)14-23)21-17-9-12-22(15-17)18-7-2-1-3-8-18/h1-3,7-8,16-17,25H,4-6,9-15H2,(H,21,24). The molecule has 1 aromatic carbocycles. The molecule has 0 bridgehead atoms. The highest BCUT2D eigenvalue weighted by Gasteiger charge is 2.44. The molecule has 0 aromatic heterocycles. The largest absolute Gasteiger partial charge is 0.389 e. The first-order valence-corrected chi connectivity index (χ1v) is 9.72. The van der Waals surface area contributed by atoms with E-state index < -0.39 is 5.60 Å². The van der Waals surface area contributed by atoms with Crippen molar-refractivity contribution in [3.63, 3.8) is 0 Å². The maximum atomic E-state index is 12.7. The first kappa shape index (κ1) is 16.7. The highest BCUT2D eigenvalue weighted by Crippen LogP contribution is 2.39. The molecule has 3 aliphatic rings. The highest BCUT2D eigenvalue weighted by atomic mass is 16.3. The van der Waals surface area contributed by atoms with E-state index in [0.29, 0.717) is 13.1 Å². The van der Waals surface area contributed by atoms with Gasteiger partial charge in [-0.15, -0.1) is 0 Å². The molecule has 5 heteroatoms. The molecule has 5 nitrogen and oxygen atoms in total. The van der Waals surface area contributed by atoms with Gasteiger partial charge >= 0.3 is 6.03 Å². The summed E-state index contributed by atoms with van der Waals surface area (Å²) in [4.78, 5) is 17.0. The molecule has 25 heavy (non-hydrogen) atoms. The highest BCUT2D eigenvalue weighted by molar-refractivity contribution is 5.75. The van der Waals surface area contributed by atoms with Gasteiger partial charge in [0.15, 0.2) is 0 Å². The number of carbonyl (C=O) groups is 1. The molecule has 2 heterocycles. The lowest BCUT2D eigenvalue weighted by Gasteiger charge is -2.47. The van der Waals surface area contributed by atoms with Gasteiger partial charge in [-0.3, -0.25) is 0 Å². The number of aliphatic hydroxyl groups is 1. The minimum Gasteiger partial charge on any atom is -0.389 e. The number of amides is 2. The van der Waals surface area contributed by atoms with Crippen LogP contribution in [0.15, 0.2) is 30.3 Å². The normalized spacial score (nSPS) is 32.4. The van der Waals surface area contributed by atoms with Crippen LogP contribution < -0.4 is 10.2 Å². The number of nitrogens with zero attached hydrogens (tertiary/aromatic N) is 2. The predicted molar refractivity (Wildman–Crippen MR) is 98.7 cm³/mol. The molecule has 2 amide bonds. The summed E-state index contributed by atoms with van der Waals surface area (Å²) in [6.07, 6.45) is 5.97. The first-order valence-electron chi connectivity index (χ1n) is 9.72. The maximum Gasteiger partial charge on any atom is 0.317 e. The van der Waals surface area contributed by atoms with Crippen molar-refractivity contribution in [2.24, 2.45) is 5.92 Å². The van der Waals surface area contributed by atoms with Crippen molar-refractivity contribution in [1.29, 1.82) is 0 Å². The van der Waals surface area contributed by atoms with Gasteiger partial charge in [0.25, 0.3) is 0 Å². The van der Waals surface area contributed by atoms with E-state index in [0.717, 1.165) is 45.2 Å². The number of urea groups is 1. The van der Waals surface area contributed by atoms with E-state index in [2.05, 4.69) is 34.5 Å². The van der Waals surface area contributed by atoms with Gasteiger partial charge in [0, 0.05) is 43.8 Å². The average molecular weight is 343 g/mol.